The van der Waals surface area contributed by atoms with Crippen molar-refractivity contribution >= 4 is 5.78 Å². The lowest BCUT2D eigenvalue weighted by Gasteiger charge is -2.62. The second-order valence-corrected chi connectivity index (χ2v) is 12.6. The molecule has 0 aromatic rings. The Hall–Kier alpha value is -0.890. The van der Waals surface area contributed by atoms with E-state index in [1.54, 1.807) is 12.5 Å². The van der Waals surface area contributed by atoms with E-state index in [0.29, 0.717) is 35.1 Å². The lowest BCUT2D eigenvalue weighted by atomic mass is 9.43. The van der Waals surface area contributed by atoms with Crippen molar-refractivity contribution in [2.75, 3.05) is 0 Å². The minimum absolute atomic E-state index is 0.250. The Kier molecular flexibility index (Phi) is 6.36. The lowest BCUT2D eigenvalue weighted by molar-refractivity contribution is -0.117. The van der Waals surface area contributed by atoms with Crippen molar-refractivity contribution in [1.82, 2.24) is 5.32 Å². The molecule has 0 heterocycles. The normalized spacial score (nSPS) is 44.7. The molecule has 0 bridgehead atoms. The van der Waals surface area contributed by atoms with Crippen LogP contribution in [0.1, 0.15) is 98.8 Å². The minimum atomic E-state index is 0.250. The predicted molar refractivity (Wildman–Crippen MR) is 131 cm³/mol. The van der Waals surface area contributed by atoms with Crippen molar-refractivity contribution in [3.05, 3.63) is 24.3 Å². The number of carbonyl (C=O) groups excluding carboxylic acids is 1. The highest BCUT2D eigenvalue weighted by Crippen LogP contribution is 2.70. The third-order valence-electron chi connectivity index (χ3n) is 10.6. The fraction of sp³-hybridized carbons (Fsp3) is 0.828. The van der Waals surface area contributed by atoms with Gasteiger partial charge in [0.15, 0.2) is 0 Å². The molecule has 4 rings (SSSR count). The number of nitrogens with one attached hydrogen (secondary N) is 1. The second-order valence-electron chi connectivity index (χ2n) is 12.6. The van der Waals surface area contributed by atoms with E-state index < -0.39 is 0 Å². The molecule has 0 aromatic carbocycles. The van der Waals surface area contributed by atoms with Crippen LogP contribution in [0.5, 0.6) is 0 Å². The first-order chi connectivity index (χ1) is 14.6. The summed E-state index contributed by atoms with van der Waals surface area (Å²) in [6, 6.07) is 1.25. The van der Waals surface area contributed by atoms with Crippen LogP contribution in [0.15, 0.2) is 24.3 Å². The standard InChI is InChI=1S/C29H47NO/c1-18(2)30-24-13-14-28(6)23(17-24)15-19(3)27-25-12-11-22(10-8-9-21(5)31)29(25,7)20(4)16-26(27)28/h18,22-27,30H,3-4,8-17H2,1-2,5-7H3. The zero-order valence-electron chi connectivity index (χ0n) is 20.9. The predicted octanol–water partition coefficient (Wildman–Crippen LogP) is 7.10. The van der Waals surface area contributed by atoms with Gasteiger partial charge in [0.05, 0.1) is 0 Å². The van der Waals surface area contributed by atoms with Crippen LogP contribution < -0.4 is 5.32 Å². The van der Waals surface area contributed by atoms with Crippen LogP contribution in [-0.4, -0.2) is 17.9 Å². The summed E-state index contributed by atoms with van der Waals surface area (Å²) < 4.78 is 0. The summed E-state index contributed by atoms with van der Waals surface area (Å²) in [5.74, 6) is 3.96. The van der Waals surface area contributed by atoms with Gasteiger partial charge < -0.3 is 10.1 Å². The Morgan fingerprint density at radius 3 is 2.55 bits per heavy atom. The number of ketones is 1. The number of Topliss-reactive ketones (excluding diaryl/α,β-unsaturated/α-hetero) is 1. The molecule has 0 saturated heterocycles. The fourth-order valence-corrected chi connectivity index (χ4v) is 8.83. The Bertz CT molecular complexity index is 737. The minimum Gasteiger partial charge on any atom is -0.312 e. The molecule has 31 heavy (non-hydrogen) atoms. The van der Waals surface area contributed by atoms with E-state index in [2.05, 4.69) is 33.0 Å². The molecule has 0 spiro atoms. The first-order valence-corrected chi connectivity index (χ1v) is 13.2. The zero-order valence-corrected chi connectivity index (χ0v) is 20.9. The highest BCUT2D eigenvalue weighted by Gasteiger charge is 2.62. The highest BCUT2D eigenvalue weighted by atomic mass is 16.1. The summed E-state index contributed by atoms with van der Waals surface area (Å²) >= 11 is 0. The molecule has 4 aliphatic rings. The van der Waals surface area contributed by atoms with Gasteiger partial charge in [0.25, 0.3) is 0 Å². The lowest BCUT2D eigenvalue weighted by Crippen LogP contribution is -2.56. The van der Waals surface area contributed by atoms with Crippen LogP contribution in [0.2, 0.25) is 0 Å². The molecular formula is C29H47NO. The number of hydrogen-bond acceptors (Lipinski definition) is 2. The van der Waals surface area contributed by atoms with Crippen LogP contribution in [0, 0.1) is 40.4 Å². The molecule has 4 fully saturated rings. The molecule has 0 amide bonds. The van der Waals surface area contributed by atoms with E-state index in [-0.39, 0.29) is 5.41 Å². The average molecular weight is 426 g/mol. The maximum atomic E-state index is 11.5. The van der Waals surface area contributed by atoms with E-state index in [9.17, 15) is 4.79 Å². The Morgan fingerprint density at radius 1 is 1.13 bits per heavy atom. The topological polar surface area (TPSA) is 29.1 Å². The van der Waals surface area contributed by atoms with Crippen LogP contribution in [0.25, 0.3) is 0 Å². The van der Waals surface area contributed by atoms with Crippen LogP contribution in [0.3, 0.4) is 0 Å². The van der Waals surface area contributed by atoms with Crippen LogP contribution in [0.4, 0.5) is 0 Å². The molecule has 4 aliphatic carbocycles. The largest absolute Gasteiger partial charge is 0.312 e. The van der Waals surface area contributed by atoms with Crippen molar-refractivity contribution in [2.24, 2.45) is 40.4 Å². The van der Waals surface area contributed by atoms with Gasteiger partial charge in [-0.2, -0.15) is 0 Å². The van der Waals surface area contributed by atoms with E-state index in [1.807, 2.05) is 0 Å². The van der Waals surface area contributed by atoms with Crippen molar-refractivity contribution in [2.45, 2.75) is 111 Å². The quantitative estimate of drug-likeness (QED) is 0.460. The molecule has 0 aliphatic heterocycles. The molecule has 8 atom stereocenters. The zero-order chi connectivity index (χ0) is 22.6. The van der Waals surface area contributed by atoms with Gasteiger partial charge in [-0.15, -0.1) is 0 Å². The molecule has 2 heteroatoms. The van der Waals surface area contributed by atoms with Gasteiger partial charge in [-0.1, -0.05) is 52.0 Å². The summed E-state index contributed by atoms with van der Waals surface area (Å²) in [7, 11) is 0. The number of rotatable bonds is 6. The van der Waals surface area contributed by atoms with Crippen LogP contribution in [-0.2, 0) is 4.79 Å². The van der Waals surface area contributed by atoms with E-state index in [4.69, 9.17) is 13.2 Å². The maximum absolute atomic E-state index is 11.5. The number of allylic oxidation sites excluding steroid dienone is 2. The molecule has 1 N–H and O–H groups in total. The monoisotopic (exact) mass is 425 g/mol. The van der Waals surface area contributed by atoms with Gasteiger partial charge in [0.2, 0.25) is 0 Å². The number of hydrogen-bond donors (Lipinski definition) is 1. The Morgan fingerprint density at radius 2 is 1.87 bits per heavy atom. The SMILES string of the molecule is C=C1CC2CC(NC(C)C)CCC2(C)C2CC(=C)C3(C)C(CCCC(C)=O)CCC3C12. The maximum Gasteiger partial charge on any atom is 0.129 e. The van der Waals surface area contributed by atoms with Gasteiger partial charge in [0, 0.05) is 18.5 Å². The van der Waals surface area contributed by atoms with E-state index in [0.717, 1.165) is 30.6 Å². The Labute approximate surface area is 191 Å². The average Bonchev–Trinajstić information content (AvgIpc) is 3.01. The van der Waals surface area contributed by atoms with E-state index in [1.165, 1.54) is 56.9 Å². The van der Waals surface area contributed by atoms with Crippen molar-refractivity contribution in [3.63, 3.8) is 0 Å². The molecule has 4 saturated carbocycles. The molecule has 174 valence electrons. The second kappa shape index (κ2) is 8.47. The summed E-state index contributed by atoms with van der Waals surface area (Å²) in [6.45, 7) is 20.9. The third-order valence-corrected chi connectivity index (χ3v) is 10.6. The number of carbonyl (C=O) groups is 1. The highest BCUT2D eigenvalue weighted by molar-refractivity contribution is 5.75. The fourth-order valence-electron chi connectivity index (χ4n) is 8.83. The summed E-state index contributed by atoms with van der Waals surface area (Å²) in [6.07, 6.45) is 12.1. The summed E-state index contributed by atoms with van der Waals surface area (Å²) in [5, 5.41) is 3.83. The molecule has 0 aromatic heterocycles. The van der Waals surface area contributed by atoms with Crippen molar-refractivity contribution in [3.8, 4) is 0 Å². The van der Waals surface area contributed by atoms with Gasteiger partial charge in [0.1, 0.15) is 5.78 Å². The Balaban J connectivity index is 1.55. The molecule has 0 radical (unpaired) electrons. The molecular weight excluding hydrogens is 378 g/mol. The molecule has 8 unspecified atom stereocenters. The van der Waals surface area contributed by atoms with Gasteiger partial charge >= 0.3 is 0 Å². The van der Waals surface area contributed by atoms with Crippen molar-refractivity contribution in [1.29, 1.82) is 0 Å². The first-order valence-electron chi connectivity index (χ1n) is 13.2. The van der Waals surface area contributed by atoms with E-state index >= 15 is 0 Å². The third kappa shape index (κ3) is 3.90. The smallest absolute Gasteiger partial charge is 0.129 e. The number of fused-ring (bicyclic) bond motifs is 5. The summed E-state index contributed by atoms with van der Waals surface area (Å²) in [5.41, 5.74) is 3.78. The van der Waals surface area contributed by atoms with Crippen molar-refractivity contribution < 1.29 is 4.79 Å². The van der Waals surface area contributed by atoms with Crippen LogP contribution >= 0.6 is 0 Å². The molecule has 2 nitrogen and oxygen atoms in total. The van der Waals surface area contributed by atoms with Gasteiger partial charge in [-0.25, -0.2) is 0 Å². The van der Waals surface area contributed by atoms with Gasteiger partial charge in [-0.05, 0) is 105 Å². The summed E-state index contributed by atoms with van der Waals surface area (Å²) in [4.78, 5) is 11.5. The first kappa shape index (κ1) is 23.3. The van der Waals surface area contributed by atoms with Gasteiger partial charge in [-0.3, -0.25) is 0 Å².